The van der Waals surface area contributed by atoms with Crippen LogP contribution < -0.4 is 10.6 Å². The summed E-state index contributed by atoms with van der Waals surface area (Å²) >= 11 is 0. The monoisotopic (exact) mass is 277 g/mol. The average molecular weight is 277 g/mol. The molecule has 2 unspecified atom stereocenters. The predicted octanol–water partition coefficient (Wildman–Crippen LogP) is 2.23. The Kier molecular flexibility index (Phi) is 4.34. The Morgan fingerprint density at radius 2 is 2.25 bits per heavy atom. The van der Waals surface area contributed by atoms with Gasteiger partial charge in [-0.25, -0.2) is 0 Å². The first-order valence-electron chi connectivity index (χ1n) is 6.76. The van der Waals surface area contributed by atoms with Crippen molar-refractivity contribution in [2.75, 3.05) is 11.9 Å². The highest BCUT2D eigenvalue weighted by Gasteiger charge is 2.25. The number of nitrogens with zero attached hydrogens (tertiary/aromatic N) is 1. The summed E-state index contributed by atoms with van der Waals surface area (Å²) in [5.74, 6) is -0.0909. The molecule has 2 rings (SSSR count). The minimum atomic E-state index is -0.457. The van der Waals surface area contributed by atoms with Crippen LogP contribution in [0.3, 0.4) is 0 Å². The molecule has 1 aromatic rings. The summed E-state index contributed by atoms with van der Waals surface area (Å²) in [7, 11) is 0. The maximum absolute atomic E-state index is 12.2. The molecule has 0 saturated carbocycles. The van der Waals surface area contributed by atoms with Crippen molar-refractivity contribution in [2.45, 2.75) is 32.7 Å². The molecule has 6 nitrogen and oxygen atoms in total. The lowest BCUT2D eigenvalue weighted by molar-refractivity contribution is -0.384. The van der Waals surface area contributed by atoms with Crippen LogP contribution in [0.1, 0.15) is 25.3 Å². The van der Waals surface area contributed by atoms with Crippen LogP contribution in [-0.4, -0.2) is 23.4 Å². The van der Waals surface area contributed by atoms with E-state index in [1.54, 1.807) is 6.07 Å². The molecular formula is C14H19N3O3. The van der Waals surface area contributed by atoms with Crippen LogP contribution in [0.4, 0.5) is 11.4 Å². The molecule has 1 aliphatic heterocycles. The van der Waals surface area contributed by atoms with Gasteiger partial charge < -0.3 is 10.6 Å². The van der Waals surface area contributed by atoms with Gasteiger partial charge in [0.1, 0.15) is 0 Å². The van der Waals surface area contributed by atoms with Crippen LogP contribution in [0.2, 0.25) is 0 Å². The second-order valence-corrected chi connectivity index (χ2v) is 5.32. The number of non-ortho nitro benzene ring substituents is 1. The number of rotatable bonds is 3. The molecule has 0 aliphatic carbocycles. The summed E-state index contributed by atoms with van der Waals surface area (Å²) in [6.45, 7) is 4.70. The van der Waals surface area contributed by atoms with E-state index in [0.717, 1.165) is 24.9 Å². The molecule has 6 heteroatoms. The first-order chi connectivity index (χ1) is 9.47. The predicted molar refractivity (Wildman–Crippen MR) is 76.7 cm³/mol. The molecule has 1 amide bonds. The minimum absolute atomic E-state index is 0.00965. The number of piperidine rings is 1. The highest BCUT2D eigenvalue weighted by Crippen LogP contribution is 2.24. The van der Waals surface area contributed by atoms with Crippen molar-refractivity contribution >= 4 is 17.3 Å². The largest absolute Gasteiger partial charge is 0.325 e. The lowest BCUT2D eigenvalue weighted by atomic mass is 9.92. The van der Waals surface area contributed by atoms with Gasteiger partial charge in [0, 0.05) is 24.1 Å². The van der Waals surface area contributed by atoms with Gasteiger partial charge in [0.2, 0.25) is 5.91 Å². The van der Waals surface area contributed by atoms with E-state index in [4.69, 9.17) is 0 Å². The summed E-state index contributed by atoms with van der Waals surface area (Å²) in [6, 6.07) is 4.83. The maximum atomic E-state index is 12.2. The van der Waals surface area contributed by atoms with Crippen molar-refractivity contribution in [3.8, 4) is 0 Å². The smallest absolute Gasteiger partial charge is 0.271 e. The van der Waals surface area contributed by atoms with Gasteiger partial charge in [-0.15, -0.1) is 0 Å². The first kappa shape index (κ1) is 14.5. The third-order valence-electron chi connectivity index (χ3n) is 3.68. The number of nitrogens with one attached hydrogen (secondary N) is 2. The molecule has 0 bridgehead atoms. The first-order valence-corrected chi connectivity index (χ1v) is 6.76. The number of nitro benzene ring substituents is 1. The van der Waals surface area contributed by atoms with Crippen LogP contribution in [0.15, 0.2) is 18.2 Å². The zero-order valence-electron chi connectivity index (χ0n) is 11.7. The van der Waals surface area contributed by atoms with E-state index in [0.29, 0.717) is 11.7 Å². The Morgan fingerprint density at radius 1 is 1.50 bits per heavy atom. The average Bonchev–Trinajstić information content (AvgIpc) is 2.41. The van der Waals surface area contributed by atoms with E-state index in [1.807, 2.05) is 6.92 Å². The van der Waals surface area contributed by atoms with Gasteiger partial charge in [0.25, 0.3) is 5.69 Å². The molecule has 2 N–H and O–H groups in total. The molecule has 1 aliphatic rings. The van der Waals surface area contributed by atoms with E-state index in [-0.39, 0.29) is 17.5 Å². The third kappa shape index (κ3) is 3.33. The molecule has 108 valence electrons. The maximum Gasteiger partial charge on any atom is 0.271 e. The number of hydrogen-bond acceptors (Lipinski definition) is 4. The fraction of sp³-hybridized carbons (Fsp3) is 0.500. The second kappa shape index (κ2) is 6.00. The van der Waals surface area contributed by atoms with Gasteiger partial charge in [-0.2, -0.15) is 0 Å². The summed E-state index contributed by atoms with van der Waals surface area (Å²) in [4.78, 5) is 22.6. The quantitative estimate of drug-likeness (QED) is 0.655. The van der Waals surface area contributed by atoms with Crippen molar-refractivity contribution in [1.29, 1.82) is 0 Å². The number of benzene rings is 1. The molecule has 0 radical (unpaired) electrons. The molecule has 0 spiro atoms. The fourth-order valence-electron chi connectivity index (χ4n) is 2.46. The third-order valence-corrected chi connectivity index (χ3v) is 3.68. The number of anilines is 1. The van der Waals surface area contributed by atoms with E-state index in [2.05, 4.69) is 17.6 Å². The molecule has 1 heterocycles. The molecule has 1 saturated heterocycles. The Balaban J connectivity index is 2.10. The zero-order valence-corrected chi connectivity index (χ0v) is 11.7. The fourth-order valence-corrected chi connectivity index (χ4v) is 2.46. The normalized spacial score (nSPS) is 22.3. The van der Waals surface area contributed by atoms with Crippen LogP contribution in [-0.2, 0) is 4.79 Å². The summed E-state index contributed by atoms with van der Waals surface area (Å²) < 4.78 is 0. The van der Waals surface area contributed by atoms with Gasteiger partial charge in [-0.1, -0.05) is 6.07 Å². The van der Waals surface area contributed by atoms with E-state index in [1.165, 1.54) is 12.1 Å². The number of hydrogen-bond donors (Lipinski definition) is 2. The van der Waals surface area contributed by atoms with Crippen LogP contribution in [0, 0.1) is 23.0 Å². The van der Waals surface area contributed by atoms with Crippen molar-refractivity contribution in [3.63, 3.8) is 0 Å². The van der Waals surface area contributed by atoms with E-state index >= 15 is 0 Å². The molecule has 0 aromatic heterocycles. The number of nitro groups is 1. The highest BCUT2D eigenvalue weighted by atomic mass is 16.6. The minimum Gasteiger partial charge on any atom is -0.325 e. The van der Waals surface area contributed by atoms with Crippen LogP contribution in [0.5, 0.6) is 0 Å². The van der Waals surface area contributed by atoms with Crippen molar-refractivity contribution in [1.82, 2.24) is 5.32 Å². The Hall–Kier alpha value is -1.95. The summed E-state index contributed by atoms with van der Waals surface area (Å²) in [6.07, 6.45) is 1.59. The molecule has 20 heavy (non-hydrogen) atoms. The van der Waals surface area contributed by atoms with Gasteiger partial charge in [0.05, 0.1) is 10.6 Å². The van der Waals surface area contributed by atoms with Crippen LogP contribution in [0.25, 0.3) is 0 Å². The number of carbonyl (C=O) groups excluding carboxylic acids is 1. The lowest BCUT2D eigenvalue weighted by Crippen LogP contribution is -2.40. The Labute approximate surface area is 117 Å². The number of amides is 1. The second-order valence-electron chi connectivity index (χ2n) is 5.32. The SMILES string of the molecule is Cc1ccc([N+](=O)[O-])cc1NC(=O)C1CCNC(C)C1. The summed E-state index contributed by atoms with van der Waals surface area (Å²) in [5, 5.41) is 16.9. The Bertz CT molecular complexity index is 530. The van der Waals surface area contributed by atoms with Gasteiger partial charge in [-0.05, 0) is 38.8 Å². The number of carbonyl (C=O) groups is 1. The van der Waals surface area contributed by atoms with Crippen molar-refractivity contribution in [2.24, 2.45) is 5.92 Å². The van der Waals surface area contributed by atoms with Crippen molar-refractivity contribution in [3.05, 3.63) is 33.9 Å². The van der Waals surface area contributed by atoms with Crippen LogP contribution >= 0.6 is 0 Å². The number of aryl methyl sites for hydroxylation is 1. The van der Waals surface area contributed by atoms with Gasteiger partial charge in [0.15, 0.2) is 0 Å². The van der Waals surface area contributed by atoms with E-state index < -0.39 is 4.92 Å². The molecule has 1 fully saturated rings. The van der Waals surface area contributed by atoms with Gasteiger partial charge >= 0.3 is 0 Å². The molecule has 2 atom stereocenters. The zero-order chi connectivity index (χ0) is 14.7. The van der Waals surface area contributed by atoms with E-state index in [9.17, 15) is 14.9 Å². The standard InChI is InChI=1S/C14H19N3O3/c1-9-3-4-12(17(19)20)8-13(9)16-14(18)11-5-6-15-10(2)7-11/h3-4,8,10-11,15H,5-7H2,1-2H3,(H,16,18). The molecular weight excluding hydrogens is 258 g/mol. The Morgan fingerprint density at radius 3 is 2.90 bits per heavy atom. The lowest BCUT2D eigenvalue weighted by Gasteiger charge is -2.27. The summed E-state index contributed by atoms with van der Waals surface area (Å²) in [5.41, 5.74) is 1.34. The van der Waals surface area contributed by atoms with Crippen molar-refractivity contribution < 1.29 is 9.72 Å². The molecule has 1 aromatic carbocycles. The topological polar surface area (TPSA) is 84.3 Å². The van der Waals surface area contributed by atoms with Gasteiger partial charge in [-0.3, -0.25) is 14.9 Å². The highest BCUT2D eigenvalue weighted by molar-refractivity contribution is 5.93.